The van der Waals surface area contributed by atoms with Gasteiger partial charge in [0.15, 0.2) is 0 Å². The van der Waals surface area contributed by atoms with E-state index in [1.165, 1.54) is 24.1 Å². The summed E-state index contributed by atoms with van der Waals surface area (Å²) in [6, 6.07) is 16.8. The van der Waals surface area contributed by atoms with Crippen LogP contribution < -0.4 is 10.2 Å². The average Bonchev–Trinajstić information content (AvgIpc) is 2.87. The molecule has 1 heterocycles. The highest BCUT2D eigenvalue weighted by atomic mass is 35.5. The third-order valence-electron chi connectivity index (χ3n) is 4.76. The lowest BCUT2D eigenvalue weighted by atomic mass is 9.92. The lowest BCUT2D eigenvalue weighted by molar-refractivity contribution is -0.109. The molecule has 0 saturated carbocycles. The standard InChI is InChI=1S/C20H23ClN2O/c21-19-7-5-18(6-8-19)17-2-1-12-23(13-11-17)20-9-3-16(4-10-20)14-22-15-24/h3-10,15,17H,1-2,11-14H2,(H,22,24). The Bertz CT molecular complexity index is 654. The second kappa shape index (κ2) is 8.20. The molecule has 0 radical (unpaired) electrons. The number of benzene rings is 2. The molecule has 126 valence electrons. The number of anilines is 1. The van der Waals surface area contributed by atoms with Gasteiger partial charge in [-0.05, 0) is 60.6 Å². The molecule has 1 aliphatic rings. The van der Waals surface area contributed by atoms with Gasteiger partial charge in [0.2, 0.25) is 6.41 Å². The summed E-state index contributed by atoms with van der Waals surface area (Å²) in [5.41, 5.74) is 3.79. The lowest BCUT2D eigenvalue weighted by Gasteiger charge is -2.23. The van der Waals surface area contributed by atoms with Crippen LogP contribution in [-0.4, -0.2) is 19.5 Å². The Balaban J connectivity index is 1.62. The van der Waals surface area contributed by atoms with Gasteiger partial charge in [-0.3, -0.25) is 4.79 Å². The van der Waals surface area contributed by atoms with Crippen molar-refractivity contribution in [3.63, 3.8) is 0 Å². The topological polar surface area (TPSA) is 32.3 Å². The zero-order valence-corrected chi connectivity index (χ0v) is 14.5. The van der Waals surface area contributed by atoms with Gasteiger partial charge in [-0.2, -0.15) is 0 Å². The number of carbonyl (C=O) groups is 1. The van der Waals surface area contributed by atoms with Crippen LogP contribution in [0.4, 0.5) is 5.69 Å². The molecule has 3 rings (SSSR count). The SMILES string of the molecule is O=CNCc1ccc(N2CCCC(c3ccc(Cl)cc3)CC2)cc1. The third-order valence-corrected chi connectivity index (χ3v) is 5.01. The minimum atomic E-state index is 0.586. The predicted octanol–water partition coefficient (Wildman–Crippen LogP) is 4.36. The molecule has 2 aromatic rings. The van der Waals surface area contributed by atoms with Gasteiger partial charge in [0.05, 0.1) is 0 Å². The summed E-state index contributed by atoms with van der Waals surface area (Å²) in [6.07, 6.45) is 4.32. The zero-order valence-electron chi connectivity index (χ0n) is 13.7. The monoisotopic (exact) mass is 342 g/mol. The maximum Gasteiger partial charge on any atom is 0.207 e. The summed E-state index contributed by atoms with van der Waals surface area (Å²) in [5.74, 6) is 0.614. The summed E-state index contributed by atoms with van der Waals surface area (Å²) in [7, 11) is 0. The summed E-state index contributed by atoms with van der Waals surface area (Å²) < 4.78 is 0. The van der Waals surface area contributed by atoms with Crippen LogP contribution >= 0.6 is 11.6 Å². The van der Waals surface area contributed by atoms with Crippen LogP contribution in [0.5, 0.6) is 0 Å². The molecule has 1 fully saturated rings. The molecule has 4 heteroatoms. The van der Waals surface area contributed by atoms with E-state index in [4.69, 9.17) is 11.6 Å². The molecule has 1 atom stereocenters. The van der Waals surface area contributed by atoms with Crippen molar-refractivity contribution in [1.29, 1.82) is 0 Å². The molecule has 3 nitrogen and oxygen atoms in total. The Kier molecular flexibility index (Phi) is 5.76. The molecule has 0 spiro atoms. The van der Waals surface area contributed by atoms with Crippen molar-refractivity contribution in [2.75, 3.05) is 18.0 Å². The van der Waals surface area contributed by atoms with E-state index in [-0.39, 0.29) is 0 Å². The minimum Gasteiger partial charge on any atom is -0.372 e. The first-order valence-electron chi connectivity index (χ1n) is 8.52. The smallest absolute Gasteiger partial charge is 0.207 e. The number of nitrogens with one attached hydrogen (secondary N) is 1. The van der Waals surface area contributed by atoms with Crippen LogP contribution in [-0.2, 0) is 11.3 Å². The summed E-state index contributed by atoms with van der Waals surface area (Å²) >= 11 is 6.00. The second-order valence-electron chi connectivity index (χ2n) is 6.33. The second-order valence-corrected chi connectivity index (χ2v) is 6.77. The van der Waals surface area contributed by atoms with Gasteiger partial charge in [0.1, 0.15) is 0 Å². The summed E-state index contributed by atoms with van der Waals surface area (Å²) in [6.45, 7) is 2.75. The van der Waals surface area contributed by atoms with Crippen molar-refractivity contribution in [3.8, 4) is 0 Å². The Hall–Kier alpha value is -2.00. The number of amides is 1. The van der Waals surface area contributed by atoms with Crippen molar-refractivity contribution in [2.24, 2.45) is 0 Å². The van der Waals surface area contributed by atoms with Gasteiger partial charge in [-0.25, -0.2) is 0 Å². The number of nitrogens with zero attached hydrogens (tertiary/aromatic N) is 1. The van der Waals surface area contributed by atoms with E-state index in [0.29, 0.717) is 12.5 Å². The molecule has 0 aromatic heterocycles. The van der Waals surface area contributed by atoms with Crippen LogP contribution in [0.3, 0.4) is 0 Å². The summed E-state index contributed by atoms with van der Waals surface area (Å²) in [4.78, 5) is 12.8. The maximum absolute atomic E-state index is 10.4. The van der Waals surface area contributed by atoms with Crippen LogP contribution in [0.1, 0.15) is 36.3 Å². The molecule has 1 saturated heterocycles. The van der Waals surface area contributed by atoms with Gasteiger partial charge in [0.25, 0.3) is 0 Å². The van der Waals surface area contributed by atoms with E-state index in [2.05, 4.69) is 46.6 Å². The Labute approximate surface area is 148 Å². The number of hydrogen-bond acceptors (Lipinski definition) is 2. The molecule has 1 amide bonds. The largest absolute Gasteiger partial charge is 0.372 e. The molecular weight excluding hydrogens is 320 g/mol. The highest BCUT2D eigenvalue weighted by molar-refractivity contribution is 6.30. The number of carbonyl (C=O) groups excluding carboxylic acids is 1. The lowest BCUT2D eigenvalue weighted by Crippen LogP contribution is -2.24. The molecule has 24 heavy (non-hydrogen) atoms. The molecule has 0 aliphatic carbocycles. The van der Waals surface area contributed by atoms with Gasteiger partial charge < -0.3 is 10.2 Å². The van der Waals surface area contributed by atoms with Crippen molar-refractivity contribution in [1.82, 2.24) is 5.32 Å². The minimum absolute atomic E-state index is 0.586. The third kappa shape index (κ3) is 4.30. The normalized spacial score (nSPS) is 18.0. The quantitative estimate of drug-likeness (QED) is 0.819. The van der Waals surface area contributed by atoms with Crippen LogP contribution in [0.25, 0.3) is 0 Å². The van der Waals surface area contributed by atoms with E-state index >= 15 is 0 Å². The number of hydrogen-bond donors (Lipinski definition) is 1. The van der Waals surface area contributed by atoms with Crippen molar-refractivity contribution < 1.29 is 4.79 Å². The first-order chi connectivity index (χ1) is 11.8. The van der Waals surface area contributed by atoms with Crippen LogP contribution in [0.2, 0.25) is 5.02 Å². The number of rotatable bonds is 5. The molecular formula is C20H23ClN2O. The Morgan fingerprint density at radius 2 is 1.79 bits per heavy atom. The highest BCUT2D eigenvalue weighted by Gasteiger charge is 2.18. The first-order valence-corrected chi connectivity index (χ1v) is 8.90. The van der Waals surface area contributed by atoms with Gasteiger partial charge in [0, 0.05) is 30.3 Å². The first kappa shape index (κ1) is 16.8. The van der Waals surface area contributed by atoms with Gasteiger partial charge in [-0.15, -0.1) is 0 Å². The Morgan fingerprint density at radius 1 is 1.04 bits per heavy atom. The van der Waals surface area contributed by atoms with Gasteiger partial charge >= 0.3 is 0 Å². The molecule has 0 bridgehead atoms. The molecule has 1 aliphatic heterocycles. The van der Waals surface area contributed by atoms with E-state index < -0.39 is 0 Å². The predicted molar refractivity (Wildman–Crippen MR) is 99.6 cm³/mol. The van der Waals surface area contributed by atoms with Crippen molar-refractivity contribution in [2.45, 2.75) is 31.7 Å². The fourth-order valence-corrected chi connectivity index (χ4v) is 3.53. The molecule has 2 aromatic carbocycles. The van der Waals surface area contributed by atoms with Crippen molar-refractivity contribution >= 4 is 23.7 Å². The summed E-state index contributed by atoms with van der Waals surface area (Å²) in [5, 5.41) is 3.50. The Morgan fingerprint density at radius 3 is 2.50 bits per heavy atom. The van der Waals surface area contributed by atoms with Gasteiger partial charge in [-0.1, -0.05) is 35.9 Å². The van der Waals surface area contributed by atoms with Crippen LogP contribution in [0, 0.1) is 0 Å². The fourth-order valence-electron chi connectivity index (χ4n) is 3.41. The average molecular weight is 343 g/mol. The molecule has 1 N–H and O–H groups in total. The fraction of sp³-hybridized carbons (Fsp3) is 0.350. The molecule has 1 unspecified atom stereocenters. The van der Waals surface area contributed by atoms with E-state index in [9.17, 15) is 4.79 Å². The number of halogens is 1. The van der Waals surface area contributed by atoms with Crippen molar-refractivity contribution in [3.05, 3.63) is 64.7 Å². The van der Waals surface area contributed by atoms with E-state index in [1.54, 1.807) is 0 Å². The maximum atomic E-state index is 10.4. The van der Waals surface area contributed by atoms with E-state index in [0.717, 1.165) is 36.5 Å². The van der Waals surface area contributed by atoms with Crippen LogP contribution in [0.15, 0.2) is 48.5 Å². The zero-order chi connectivity index (χ0) is 16.8. The van der Waals surface area contributed by atoms with E-state index in [1.807, 2.05) is 12.1 Å². The highest BCUT2D eigenvalue weighted by Crippen LogP contribution is 2.30.